The Morgan fingerprint density at radius 1 is 1.24 bits per heavy atom. The highest BCUT2D eigenvalue weighted by molar-refractivity contribution is 5.50. The number of hydrogen-bond donors (Lipinski definition) is 1. The lowest BCUT2D eigenvalue weighted by Crippen LogP contribution is -2.38. The maximum absolute atomic E-state index is 10.9. The molecule has 0 aliphatic carbocycles. The third-order valence-corrected chi connectivity index (χ3v) is 4.37. The third-order valence-electron chi connectivity index (χ3n) is 4.37. The van der Waals surface area contributed by atoms with Gasteiger partial charge in [0.2, 0.25) is 5.69 Å². The summed E-state index contributed by atoms with van der Waals surface area (Å²) < 4.78 is 0. The molecule has 1 aliphatic rings. The van der Waals surface area contributed by atoms with Crippen LogP contribution in [0.4, 0.5) is 11.5 Å². The molecule has 2 heterocycles. The molecule has 1 N–H and O–H groups in total. The molecule has 25 heavy (non-hydrogen) atoms. The molecule has 128 valence electrons. The van der Waals surface area contributed by atoms with Gasteiger partial charge >= 0.3 is 5.69 Å². The number of benzene rings is 1. The first-order valence-electron chi connectivity index (χ1n) is 8.24. The average molecular weight is 337 g/mol. The van der Waals surface area contributed by atoms with Crippen LogP contribution >= 0.6 is 0 Å². The number of nitro groups is 1. The molecule has 2 aromatic rings. The average Bonchev–Trinajstić information content (AvgIpc) is 2.64. The fourth-order valence-corrected chi connectivity index (χ4v) is 3.05. The Kier molecular flexibility index (Phi) is 5.21. The van der Waals surface area contributed by atoms with Crippen molar-refractivity contribution in [2.24, 2.45) is 0 Å². The molecular weight excluding hydrogens is 318 g/mol. The Hall–Kier alpha value is -2.98. The molecule has 3 rings (SSSR count). The number of aromatic nitrogens is 1. The van der Waals surface area contributed by atoms with Gasteiger partial charge in [-0.25, -0.2) is 4.98 Å². The fraction of sp³-hybridized carbons (Fsp3) is 0.333. The molecule has 0 spiro atoms. The van der Waals surface area contributed by atoms with Crippen LogP contribution in [-0.2, 0) is 6.54 Å². The Balaban J connectivity index is 1.55. The second-order valence-electron chi connectivity index (χ2n) is 6.11. The van der Waals surface area contributed by atoms with Crippen molar-refractivity contribution in [1.82, 2.24) is 9.88 Å². The second kappa shape index (κ2) is 7.73. The molecule has 1 saturated heterocycles. The number of piperidine rings is 1. The smallest absolute Gasteiger partial charge is 0.305 e. The van der Waals surface area contributed by atoms with Crippen LogP contribution in [0.25, 0.3) is 0 Å². The van der Waals surface area contributed by atoms with Crippen molar-refractivity contribution in [2.45, 2.75) is 25.4 Å². The maximum Gasteiger partial charge on any atom is 0.305 e. The van der Waals surface area contributed by atoms with Crippen molar-refractivity contribution in [3.05, 3.63) is 63.8 Å². The number of nitrogens with zero attached hydrogens (tertiary/aromatic N) is 4. The predicted octanol–water partition coefficient (Wildman–Crippen LogP) is 2.94. The summed E-state index contributed by atoms with van der Waals surface area (Å²) in [4.78, 5) is 16.8. The Morgan fingerprint density at radius 2 is 1.96 bits per heavy atom. The lowest BCUT2D eigenvalue weighted by molar-refractivity contribution is -0.385. The van der Waals surface area contributed by atoms with Gasteiger partial charge in [-0.1, -0.05) is 30.3 Å². The molecular formula is C18H19N5O2. The molecule has 0 unspecified atom stereocenters. The van der Waals surface area contributed by atoms with Gasteiger partial charge in [0.25, 0.3) is 0 Å². The van der Waals surface area contributed by atoms with E-state index in [4.69, 9.17) is 5.26 Å². The van der Waals surface area contributed by atoms with E-state index in [1.165, 1.54) is 11.6 Å². The topological polar surface area (TPSA) is 95.1 Å². The van der Waals surface area contributed by atoms with Gasteiger partial charge in [-0.2, -0.15) is 5.26 Å². The highest BCUT2D eigenvalue weighted by Crippen LogP contribution is 2.21. The van der Waals surface area contributed by atoms with Crippen molar-refractivity contribution in [2.75, 3.05) is 18.4 Å². The number of nitriles is 1. The zero-order chi connectivity index (χ0) is 17.6. The van der Waals surface area contributed by atoms with E-state index in [1.54, 1.807) is 12.1 Å². The minimum atomic E-state index is -0.586. The summed E-state index contributed by atoms with van der Waals surface area (Å²) in [7, 11) is 0. The SMILES string of the molecule is N#Cc1nc(NC2CCN(Cc3ccccc3)CC2)ccc1[N+](=O)[O-]. The summed E-state index contributed by atoms with van der Waals surface area (Å²) in [5, 5.41) is 23.2. The zero-order valence-corrected chi connectivity index (χ0v) is 13.8. The van der Waals surface area contributed by atoms with E-state index in [2.05, 4.69) is 39.5 Å². The monoisotopic (exact) mass is 337 g/mol. The Bertz CT molecular complexity index is 780. The van der Waals surface area contributed by atoms with Crippen LogP contribution in [0.2, 0.25) is 0 Å². The molecule has 1 aliphatic heterocycles. The van der Waals surface area contributed by atoms with E-state index in [0.717, 1.165) is 32.5 Å². The number of anilines is 1. The standard InChI is InChI=1S/C18H19N5O2/c19-12-16-17(23(24)25)6-7-18(21-16)20-15-8-10-22(11-9-15)13-14-4-2-1-3-5-14/h1-7,15H,8-11,13H2,(H,20,21). The van der Waals surface area contributed by atoms with Gasteiger partial charge in [0.05, 0.1) is 4.92 Å². The molecule has 0 atom stereocenters. The van der Waals surface area contributed by atoms with Crippen LogP contribution in [-0.4, -0.2) is 33.9 Å². The summed E-state index contributed by atoms with van der Waals surface area (Å²) >= 11 is 0. The van der Waals surface area contributed by atoms with E-state index in [0.29, 0.717) is 5.82 Å². The largest absolute Gasteiger partial charge is 0.367 e. The first kappa shape index (κ1) is 16.9. The van der Waals surface area contributed by atoms with Crippen molar-refractivity contribution in [3.63, 3.8) is 0 Å². The molecule has 1 fully saturated rings. The normalized spacial score (nSPS) is 15.5. The minimum absolute atomic E-state index is 0.156. The van der Waals surface area contributed by atoms with E-state index in [-0.39, 0.29) is 17.4 Å². The molecule has 0 radical (unpaired) electrons. The van der Waals surface area contributed by atoms with Gasteiger partial charge in [0, 0.05) is 31.7 Å². The van der Waals surface area contributed by atoms with E-state index in [9.17, 15) is 10.1 Å². The van der Waals surface area contributed by atoms with Crippen LogP contribution in [0.15, 0.2) is 42.5 Å². The summed E-state index contributed by atoms with van der Waals surface area (Å²) in [6.45, 7) is 2.90. The summed E-state index contributed by atoms with van der Waals surface area (Å²) in [6.07, 6.45) is 1.93. The number of likely N-dealkylation sites (tertiary alicyclic amines) is 1. The number of nitrogens with one attached hydrogen (secondary N) is 1. The van der Waals surface area contributed by atoms with Crippen molar-refractivity contribution < 1.29 is 4.92 Å². The Labute approximate surface area is 146 Å². The van der Waals surface area contributed by atoms with Gasteiger partial charge in [-0.15, -0.1) is 0 Å². The van der Waals surface area contributed by atoms with E-state index >= 15 is 0 Å². The van der Waals surface area contributed by atoms with Crippen LogP contribution in [0.5, 0.6) is 0 Å². The second-order valence-corrected chi connectivity index (χ2v) is 6.11. The van der Waals surface area contributed by atoms with Gasteiger partial charge in [0.1, 0.15) is 11.9 Å². The quantitative estimate of drug-likeness (QED) is 0.666. The van der Waals surface area contributed by atoms with Gasteiger partial charge < -0.3 is 5.32 Å². The minimum Gasteiger partial charge on any atom is -0.367 e. The molecule has 7 nitrogen and oxygen atoms in total. The zero-order valence-electron chi connectivity index (χ0n) is 13.8. The number of rotatable bonds is 5. The summed E-state index contributed by atoms with van der Waals surface area (Å²) in [6, 6.07) is 15.3. The van der Waals surface area contributed by atoms with Gasteiger partial charge in [0.15, 0.2) is 0 Å². The molecule has 1 aromatic heterocycles. The van der Waals surface area contributed by atoms with Crippen LogP contribution in [0.3, 0.4) is 0 Å². The maximum atomic E-state index is 10.9. The van der Waals surface area contributed by atoms with Crippen molar-refractivity contribution in [1.29, 1.82) is 5.26 Å². The number of hydrogen-bond acceptors (Lipinski definition) is 6. The number of pyridine rings is 1. The molecule has 0 saturated carbocycles. The molecule has 1 aromatic carbocycles. The predicted molar refractivity (Wildman–Crippen MR) is 94.0 cm³/mol. The van der Waals surface area contributed by atoms with Crippen LogP contribution in [0.1, 0.15) is 24.1 Å². The molecule has 7 heteroatoms. The molecule has 0 amide bonds. The van der Waals surface area contributed by atoms with Gasteiger partial charge in [-0.05, 0) is 24.5 Å². The highest BCUT2D eigenvalue weighted by Gasteiger charge is 2.21. The molecule has 0 bridgehead atoms. The Morgan fingerprint density at radius 3 is 2.60 bits per heavy atom. The van der Waals surface area contributed by atoms with Crippen molar-refractivity contribution in [3.8, 4) is 6.07 Å². The van der Waals surface area contributed by atoms with Crippen LogP contribution < -0.4 is 5.32 Å². The lowest BCUT2D eigenvalue weighted by Gasteiger charge is -2.32. The first-order valence-corrected chi connectivity index (χ1v) is 8.24. The lowest BCUT2D eigenvalue weighted by atomic mass is 10.0. The summed E-state index contributed by atoms with van der Waals surface area (Å²) in [5.41, 5.74) is 0.895. The van der Waals surface area contributed by atoms with Crippen LogP contribution in [0, 0.1) is 21.4 Å². The summed E-state index contributed by atoms with van der Waals surface area (Å²) in [5.74, 6) is 0.517. The van der Waals surface area contributed by atoms with E-state index in [1.807, 2.05) is 6.07 Å². The first-order chi connectivity index (χ1) is 12.2. The highest BCUT2D eigenvalue weighted by atomic mass is 16.6. The third kappa shape index (κ3) is 4.31. The van der Waals surface area contributed by atoms with Gasteiger partial charge in [-0.3, -0.25) is 15.0 Å². The fourth-order valence-electron chi connectivity index (χ4n) is 3.05. The van der Waals surface area contributed by atoms with E-state index < -0.39 is 4.92 Å². The van der Waals surface area contributed by atoms with Crippen molar-refractivity contribution >= 4 is 11.5 Å².